The van der Waals surface area contributed by atoms with Gasteiger partial charge in [-0.3, -0.25) is 4.79 Å². The van der Waals surface area contributed by atoms with E-state index in [1.165, 1.54) is 0 Å². The molecule has 1 atom stereocenters. The molecule has 0 saturated carbocycles. The summed E-state index contributed by atoms with van der Waals surface area (Å²) in [6.07, 6.45) is 0.0683. The summed E-state index contributed by atoms with van der Waals surface area (Å²) < 4.78 is 6.45. The molecule has 0 bridgehead atoms. The van der Waals surface area contributed by atoms with E-state index in [9.17, 15) is 4.79 Å². The molecule has 8 heavy (non-hydrogen) atoms. The van der Waals surface area contributed by atoms with Gasteiger partial charge in [-0.05, 0) is 6.42 Å². The number of carboxylic acid groups (broad SMARTS) is 1. The van der Waals surface area contributed by atoms with Crippen molar-refractivity contribution in [3.8, 4) is 0 Å². The zero-order valence-corrected chi connectivity index (χ0v) is 4.29. The van der Waals surface area contributed by atoms with E-state index in [2.05, 4.69) is 0 Å². The van der Waals surface area contributed by atoms with Crippen LogP contribution in [0.15, 0.2) is 0 Å². The molecule has 0 aromatic carbocycles. The summed E-state index contributed by atoms with van der Waals surface area (Å²) in [5.74, 6) is -1.11. The summed E-state index contributed by atoms with van der Waals surface area (Å²) in [4.78, 5) is 10.0. The number of carbonyl (C=O) groups is 1. The van der Waals surface area contributed by atoms with Crippen LogP contribution < -0.4 is 5.73 Å². The molecule has 0 aliphatic carbocycles. The number of hydrogen-bond donors (Lipinski definition) is 3. The molecule has 0 aromatic heterocycles. The van der Waals surface area contributed by atoms with Gasteiger partial charge < -0.3 is 15.9 Å². The van der Waals surface area contributed by atoms with E-state index in [4.69, 9.17) is 11.6 Å². The van der Waals surface area contributed by atoms with Gasteiger partial charge >= 0.3 is 5.97 Å². The molecule has 0 heterocycles. The van der Waals surface area contributed by atoms with Crippen LogP contribution in [0, 0.1) is 0 Å². The van der Waals surface area contributed by atoms with Crippen LogP contribution >= 0.6 is 0 Å². The molecule has 0 aliphatic rings. The lowest BCUT2D eigenvalue weighted by molar-refractivity contribution is -0.138. The van der Waals surface area contributed by atoms with Crippen molar-refractivity contribution in [3.63, 3.8) is 0 Å². The van der Waals surface area contributed by atoms with Gasteiger partial charge in [-0.2, -0.15) is 0 Å². The van der Waals surface area contributed by atoms with Gasteiger partial charge in [-0.25, -0.2) is 0 Å². The third kappa shape index (κ3) is 2.54. The maximum absolute atomic E-state index is 10.0. The van der Waals surface area contributed by atoms with Crippen molar-refractivity contribution in [1.29, 1.82) is 0 Å². The number of nitrogens with two attached hydrogens (primary N) is 1. The van der Waals surface area contributed by atoms with Crippen molar-refractivity contribution < 1.29 is 16.4 Å². The minimum absolute atomic E-state index is 0.0683. The molecule has 0 unspecified atom stereocenters. The van der Waals surface area contributed by atoms with E-state index in [1.807, 2.05) is 0 Å². The van der Waals surface area contributed by atoms with Crippen LogP contribution in [-0.2, 0) is 4.79 Å². The predicted molar refractivity (Wildman–Crippen MR) is 27.3 cm³/mol. The van der Waals surface area contributed by atoms with Crippen LogP contribution in [0.3, 0.4) is 0 Å². The monoisotopic (exact) mass is 120 g/mol. The Morgan fingerprint density at radius 3 is 2.75 bits per heavy atom. The van der Waals surface area contributed by atoms with E-state index in [1.54, 1.807) is 5.73 Å². The predicted octanol–water partition coefficient (Wildman–Crippen LogP) is -1.22. The fourth-order valence-corrected chi connectivity index (χ4v) is 0.253. The molecule has 48 valence electrons. The molecule has 0 fully saturated rings. The molecule has 0 amide bonds. The number of aliphatic hydroxyl groups excluding tert-OH is 1. The molecular weight excluding hydrogens is 110 g/mol. The normalized spacial score (nSPS) is 14.9. The average Bonchev–Trinajstić information content (AvgIpc) is 1.82. The zero-order chi connectivity index (χ0) is 7.28. The molecule has 4 heteroatoms. The SMILES string of the molecule is [2H]N[C@@H](CCO)C(=O)O. The van der Waals surface area contributed by atoms with Gasteiger partial charge in [-0.15, -0.1) is 0 Å². The molecule has 4 N–H and O–H groups in total. The quantitative estimate of drug-likeness (QED) is 0.434. The van der Waals surface area contributed by atoms with E-state index in [-0.39, 0.29) is 13.0 Å². The van der Waals surface area contributed by atoms with Gasteiger partial charge in [0.05, 0.1) is 0 Å². The minimum atomic E-state index is -1.11. The van der Waals surface area contributed by atoms with Crippen LogP contribution in [0.2, 0.25) is 1.41 Å². The van der Waals surface area contributed by atoms with Crippen molar-refractivity contribution >= 4 is 5.97 Å². The highest BCUT2D eigenvalue weighted by molar-refractivity contribution is 5.72. The third-order valence-electron chi connectivity index (χ3n) is 0.716. The highest BCUT2D eigenvalue weighted by Gasteiger charge is 2.08. The van der Waals surface area contributed by atoms with Gasteiger partial charge in [0.25, 0.3) is 0 Å². The number of rotatable bonds is 4. The van der Waals surface area contributed by atoms with Crippen LogP contribution in [0.4, 0.5) is 0 Å². The van der Waals surface area contributed by atoms with Crippen LogP contribution in [-0.4, -0.2) is 28.8 Å². The maximum Gasteiger partial charge on any atom is 0.320 e. The first-order chi connectivity index (χ1) is 4.22. The third-order valence-corrected chi connectivity index (χ3v) is 0.716. The Hall–Kier alpha value is -0.610. The standard InChI is InChI=1S/C4H9NO3/c5-3(1-2-6)4(7)8/h3,6H,1-2,5H2,(H,7,8)/t3-/m0/s1/i/hD. The topological polar surface area (TPSA) is 83.5 Å². The highest BCUT2D eigenvalue weighted by Crippen LogP contribution is 1.83. The Labute approximate surface area is 48.4 Å². The van der Waals surface area contributed by atoms with Crippen molar-refractivity contribution in [1.82, 2.24) is 0 Å². The number of hydrogen-bond acceptors (Lipinski definition) is 3. The van der Waals surface area contributed by atoms with E-state index >= 15 is 0 Å². The number of aliphatic hydroxyl groups is 1. The first-order valence-electron chi connectivity index (χ1n) is 2.73. The van der Waals surface area contributed by atoms with Crippen LogP contribution in [0.5, 0.6) is 0 Å². The zero-order valence-electron chi connectivity index (χ0n) is 5.29. The summed E-state index contributed by atoms with van der Waals surface area (Å²) in [5, 5.41) is 16.4. The second-order valence-electron chi connectivity index (χ2n) is 1.40. The number of carboxylic acids is 1. The fraction of sp³-hybridized carbons (Fsp3) is 0.750. The second kappa shape index (κ2) is 3.40. The van der Waals surface area contributed by atoms with Crippen molar-refractivity contribution in [2.75, 3.05) is 6.61 Å². The molecule has 0 aliphatic heterocycles. The summed E-state index contributed by atoms with van der Waals surface area (Å²) in [5.41, 5.74) is 1.79. The van der Waals surface area contributed by atoms with Crippen molar-refractivity contribution in [3.05, 3.63) is 0 Å². The van der Waals surface area contributed by atoms with E-state index < -0.39 is 12.0 Å². The minimum Gasteiger partial charge on any atom is -0.480 e. The number of aliphatic carboxylic acids is 1. The van der Waals surface area contributed by atoms with E-state index in [0.717, 1.165) is 0 Å². The lowest BCUT2D eigenvalue weighted by Crippen LogP contribution is -2.30. The van der Waals surface area contributed by atoms with Crippen molar-refractivity contribution in [2.45, 2.75) is 12.5 Å². The molecule has 0 aromatic rings. The summed E-state index contributed by atoms with van der Waals surface area (Å²) in [6, 6.07) is -0.949. The molecule has 0 rings (SSSR count). The fourth-order valence-electron chi connectivity index (χ4n) is 0.253. The van der Waals surface area contributed by atoms with Gasteiger partial charge in [0.2, 0.25) is 0 Å². The highest BCUT2D eigenvalue weighted by atomic mass is 16.4. The summed E-state index contributed by atoms with van der Waals surface area (Å²) >= 11 is 0. The molecule has 0 radical (unpaired) electrons. The van der Waals surface area contributed by atoms with E-state index in [0.29, 0.717) is 0 Å². The van der Waals surface area contributed by atoms with Gasteiger partial charge in [0, 0.05) is 6.61 Å². The van der Waals surface area contributed by atoms with Gasteiger partial charge in [-0.1, -0.05) is 0 Å². The van der Waals surface area contributed by atoms with Gasteiger partial charge in [0.15, 0.2) is 0 Å². The first-order valence-corrected chi connectivity index (χ1v) is 2.23. The largest absolute Gasteiger partial charge is 0.480 e. The second-order valence-corrected chi connectivity index (χ2v) is 1.40. The Bertz CT molecular complexity index is 97.8. The summed E-state index contributed by atoms with van der Waals surface area (Å²) in [7, 11) is 0. The molecule has 0 spiro atoms. The van der Waals surface area contributed by atoms with Crippen LogP contribution in [0.1, 0.15) is 6.42 Å². The molecule has 4 nitrogen and oxygen atoms in total. The Morgan fingerprint density at radius 1 is 2.00 bits per heavy atom. The van der Waals surface area contributed by atoms with Crippen LogP contribution in [0.25, 0.3) is 0 Å². The Morgan fingerprint density at radius 2 is 2.62 bits per heavy atom. The molecule has 0 saturated heterocycles. The van der Waals surface area contributed by atoms with Gasteiger partial charge in [0.1, 0.15) is 7.45 Å². The first kappa shape index (κ1) is 5.53. The average molecular weight is 120 g/mol. The maximum atomic E-state index is 10.0. The van der Waals surface area contributed by atoms with Crippen molar-refractivity contribution in [2.24, 2.45) is 5.73 Å². The molecular formula is C4H9NO3. The lowest BCUT2D eigenvalue weighted by Gasteiger charge is -2.00. The smallest absolute Gasteiger partial charge is 0.320 e. The Balaban J connectivity index is 3.54. The Kier molecular flexibility index (Phi) is 2.35. The summed E-state index contributed by atoms with van der Waals surface area (Å²) in [6.45, 7) is -0.219. The lowest BCUT2D eigenvalue weighted by atomic mass is 10.2.